The van der Waals surface area contributed by atoms with Gasteiger partial charge in [-0.15, -0.1) is 0 Å². The number of nitrogens with one attached hydrogen (secondary N) is 2. The normalized spacial score (nSPS) is 19.5. The number of rotatable bonds is 4. The maximum Gasteiger partial charge on any atom is 0.227 e. The Hall–Kier alpha value is -2.76. The fraction of sp³-hybridized carbons (Fsp3) is 0.300. The summed E-state index contributed by atoms with van der Waals surface area (Å²) in [5.74, 6) is -2.78. The summed E-state index contributed by atoms with van der Waals surface area (Å²) >= 11 is 0. The Morgan fingerprint density at radius 2 is 1.85 bits per heavy atom. The molecule has 1 aliphatic rings. The van der Waals surface area contributed by atoms with Crippen LogP contribution in [0.25, 0.3) is 0 Å². The van der Waals surface area contributed by atoms with Gasteiger partial charge in [0.15, 0.2) is 0 Å². The fourth-order valence-corrected chi connectivity index (χ4v) is 3.43. The van der Waals surface area contributed by atoms with Gasteiger partial charge in [-0.3, -0.25) is 9.59 Å². The van der Waals surface area contributed by atoms with Crippen molar-refractivity contribution in [2.24, 2.45) is 0 Å². The van der Waals surface area contributed by atoms with Crippen molar-refractivity contribution in [3.05, 3.63) is 70.8 Å². The minimum Gasteiger partial charge on any atom is -0.350 e. The average Bonchev–Trinajstić information content (AvgIpc) is 2.91. The van der Waals surface area contributed by atoms with E-state index in [1.54, 1.807) is 6.92 Å². The first-order valence-corrected chi connectivity index (χ1v) is 8.47. The molecular formula is C20H20F2N2O2. The van der Waals surface area contributed by atoms with Crippen LogP contribution in [-0.4, -0.2) is 17.9 Å². The van der Waals surface area contributed by atoms with Crippen molar-refractivity contribution in [1.29, 1.82) is 0 Å². The molecule has 4 nitrogen and oxygen atoms in total. The van der Waals surface area contributed by atoms with E-state index in [1.165, 1.54) is 13.0 Å². The van der Waals surface area contributed by atoms with E-state index >= 15 is 0 Å². The first kappa shape index (κ1) is 18.0. The fourth-order valence-electron chi connectivity index (χ4n) is 3.43. The van der Waals surface area contributed by atoms with Crippen LogP contribution >= 0.6 is 0 Å². The van der Waals surface area contributed by atoms with Gasteiger partial charge in [0, 0.05) is 18.6 Å². The van der Waals surface area contributed by atoms with Crippen LogP contribution in [0.2, 0.25) is 0 Å². The highest BCUT2D eigenvalue weighted by molar-refractivity contribution is 5.84. The molecule has 1 aliphatic carbocycles. The highest BCUT2D eigenvalue weighted by Crippen LogP contribution is 2.32. The second-order valence-electron chi connectivity index (χ2n) is 6.58. The molecule has 3 atom stereocenters. The molecule has 2 amide bonds. The van der Waals surface area contributed by atoms with Crippen molar-refractivity contribution in [2.75, 3.05) is 0 Å². The largest absolute Gasteiger partial charge is 0.350 e. The summed E-state index contributed by atoms with van der Waals surface area (Å²) in [5, 5.41) is 5.78. The molecule has 26 heavy (non-hydrogen) atoms. The molecule has 2 unspecified atom stereocenters. The van der Waals surface area contributed by atoms with Gasteiger partial charge in [-0.2, -0.15) is 0 Å². The van der Waals surface area contributed by atoms with E-state index in [2.05, 4.69) is 10.6 Å². The van der Waals surface area contributed by atoms with Crippen LogP contribution < -0.4 is 10.6 Å². The van der Waals surface area contributed by atoms with E-state index in [1.807, 2.05) is 24.3 Å². The topological polar surface area (TPSA) is 58.2 Å². The summed E-state index contributed by atoms with van der Waals surface area (Å²) in [5.41, 5.74) is 2.15. The molecule has 6 heteroatoms. The van der Waals surface area contributed by atoms with E-state index in [9.17, 15) is 18.4 Å². The second kappa shape index (κ2) is 7.23. The summed E-state index contributed by atoms with van der Waals surface area (Å²) in [6.07, 6.45) is 0.575. The van der Waals surface area contributed by atoms with Crippen LogP contribution in [0.5, 0.6) is 0 Å². The first-order valence-electron chi connectivity index (χ1n) is 8.47. The van der Waals surface area contributed by atoms with E-state index < -0.39 is 17.6 Å². The third-order valence-corrected chi connectivity index (χ3v) is 4.74. The lowest BCUT2D eigenvalue weighted by molar-refractivity contribution is -0.124. The number of fused-ring (bicyclic) bond motifs is 1. The highest BCUT2D eigenvalue weighted by atomic mass is 19.1. The molecule has 0 fully saturated rings. The van der Waals surface area contributed by atoms with Crippen molar-refractivity contribution in [2.45, 2.75) is 38.3 Å². The predicted octanol–water partition coefficient (Wildman–Crippen LogP) is 2.99. The Morgan fingerprint density at radius 3 is 2.54 bits per heavy atom. The Morgan fingerprint density at radius 1 is 1.12 bits per heavy atom. The Balaban J connectivity index is 1.78. The van der Waals surface area contributed by atoms with Gasteiger partial charge in [-0.25, -0.2) is 8.78 Å². The van der Waals surface area contributed by atoms with Crippen molar-refractivity contribution < 1.29 is 18.4 Å². The molecule has 0 saturated heterocycles. The number of halogens is 2. The molecule has 0 saturated carbocycles. The molecule has 3 rings (SSSR count). The van der Waals surface area contributed by atoms with Crippen molar-refractivity contribution in [3.8, 4) is 0 Å². The first-order chi connectivity index (χ1) is 12.4. The number of carbonyl (C=O) groups is 2. The molecule has 0 aliphatic heterocycles. The lowest BCUT2D eigenvalue weighted by Gasteiger charge is -2.24. The minimum atomic E-state index is -0.780. The predicted molar refractivity (Wildman–Crippen MR) is 93.4 cm³/mol. The van der Waals surface area contributed by atoms with E-state index in [0.717, 1.165) is 23.3 Å². The van der Waals surface area contributed by atoms with Crippen LogP contribution in [0.1, 0.15) is 42.5 Å². The maximum absolute atomic E-state index is 14.0. The number of hydrogen-bond donors (Lipinski definition) is 2. The molecule has 0 spiro atoms. The zero-order valence-corrected chi connectivity index (χ0v) is 14.6. The minimum absolute atomic E-state index is 0.135. The monoisotopic (exact) mass is 358 g/mol. The van der Waals surface area contributed by atoms with E-state index in [0.29, 0.717) is 6.42 Å². The highest BCUT2D eigenvalue weighted by Gasteiger charge is 2.35. The van der Waals surface area contributed by atoms with Crippen LogP contribution in [0.4, 0.5) is 8.78 Å². The molecule has 0 heterocycles. The van der Waals surface area contributed by atoms with Gasteiger partial charge in [0.1, 0.15) is 11.6 Å². The van der Waals surface area contributed by atoms with E-state index in [-0.39, 0.29) is 29.5 Å². The molecule has 0 bridgehead atoms. The lowest BCUT2D eigenvalue weighted by Crippen LogP contribution is -2.45. The van der Waals surface area contributed by atoms with Gasteiger partial charge in [-0.1, -0.05) is 30.3 Å². The zero-order valence-electron chi connectivity index (χ0n) is 14.6. The number of carbonyl (C=O) groups excluding carboxylic acids is 2. The van der Waals surface area contributed by atoms with Crippen LogP contribution in [0.15, 0.2) is 42.5 Å². The van der Waals surface area contributed by atoms with Gasteiger partial charge < -0.3 is 10.6 Å². The number of hydrogen-bond acceptors (Lipinski definition) is 2. The van der Waals surface area contributed by atoms with Gasteiger partial charge in [0.05, 0.1) is 18.0 Å². The molecule has 136 valence electrons. The third kappa shape index (κ3) is 3.59. The SMILES string of the molecule is CC(=O)NC1c2ccccc2C[C@@H]1NC(=O)C(C)c1ccc(F)cc1F. The third-order valence-electron chi connectivity index (χ3n) is 4.74. The lowest BCUT2D eigenvalue weighted by atomic mass is 9.98. The van der Waals surface area contributed by atoms with Crippen LogP contribution in [0.3, 0.4) is 0 Å². The molecule has 0 aromatic heterocycles. The average molecular weight is 358 g/mol. The molecule has 2 aromatic carbocycles. The van der Waals surface area contributed by atoms with Gasteiger partial charge in [0.25, 0.3) is 0 Å². The second-order valence-corrected chi connectivity index (χ2v) is 6.58. The van der Waals surface area contributed by atoms with Crippen LogP contribution in [-0.2, 0) is 16.0 Å². The quantitative estimate of drug-likeness (QED) is 0.883. The summed E-state index contributed by atoms with van der Waals surface area (Å²) in [6.45, 7) is 3.00. The van der Waals surface area contributed by atoms with Gasteiger partial charge >= 0.3 is 0 Å². The van der Waals surface area contributed by atoms with Crippen molar-refractivity contribution in [3.63, 3.8) is 0 Å². The summed E-state index contributed by atoms with van der Waals surface area (Å²) in [6, 6.07) is 10.2. The number of amides is 2. The Labute approximate surface area is 150 Å². The number of benzene rings is 2. The smallest absolute Gasteiger partial charge is 0.227 e. The van der Waals surface area contributed by atoms with Gasteiger partial charge in [0.2, 0.25) is 11.8 Å². The Kier molecular flexibility index (Phi) is 5.02. The zero-order chi connectivity index (χ0) is 18.8. The van der Waals surface area contributed by atoms with Crippen molar-refractivity contribution >= 4 is 11.8 Å². The van der Waals surface area contributed by atoms with Crippen LogP contribution in [0, 0.1) is 11.6 Å². The molecule has 0 radical (unpaired) electrons. The molecular weight excluding hydrogens is 338 g/mol. The standard InChI is InChI=1S/C20H20F2N2O2/c1-11(15-8-7-14(21)10-17(15)22)20(26)24-18-9-13-5-3-4-6-16(13)19(18)23-12(2)25/h3-8,10-11,18-19H,9H2,1-2H3,(H,23,25)(H,24,26)/t11?,18-,19?/m0/s1. The summed E-state index contributed by atoms with van der Waals surface area (Å²) < 4.78 is 27.0. The summed E-state index contributed by atoms with van der Waals surface area (Å²) in [7, 11) is 0. The molecule has 2 N–H and O–H groups in total. The van der Waals surface area contributed by atoms with Gasteiger partial charge in [-0.05, 0) is 30.5 Å². The summed E-state index contributed by atoms with van der Waals surface area (Å²) in [4.78, 5) is 24.2. The maximum atomic E-state index is 14.0. The Bertz CT molecular complexity index is 853. The molecule has 2 aromatic rings. The van der Waals surface area contributed by atoms with E-state index in [4.69, 9.17) is 0 Å². The van der Waals surface area contributed by atoms with Crippen molar-refractivity contribution in [1.82, 2.24) is 10.6 Å².